The van der Waals surface area contributed by atoms with Gasteiger partial charge in [-0.05, 0) is 49.1 Å². The summed E-state index contributed by atoms with van der Waals surface area (Å²) < 4.78 is 13.6. The summed E-state index contributed by atoms with van der Waals surface area (Å²) in [5.41, 5.74) is 2.92. The van der Waals surface area contributed by atoms with Crippen molar-refractivity contribution in [3.05, 3.63) is 59.0 Å². The van der Waals surface area contributed by atoms with E-state index >= 15 is 0 Å². The maximum absolute atomic E-state index is 13.6. The molecule has 0 aromatic rings. The second-order valence-electron chi connectivity index (χ2n) is 7.30. The average molecular weight is 362 g/mol. The van der Waals surface area contributed by atoms with E-state index in [9.17, 15) is 4.39 Å². The molecule has 2 aliphatic carbocycles. The molecule has 0 aromatic heterocycles. The molecule has 0 aromatic carbocycles. The van der Waals surface area contributed by atoms with Gasteiger partial charge in [-0.1, -0.05) is 42.2 Å². The lowest BCUT2D eigenvalue weighted by Gasteiger charge is -2.32. The van der Waals surface area contributed by atoms with Gasteiger partial charge in [0.25, 0.3) is 0 Å². The Labute approximate surface area is 162 Å². The second-order valence-corrected chi connectivity index (χ2v) is 7.30. The van der Waals surface area contributed by atoms with Gasteiger partial charge in [-0.2, -0.15) is 4.39 Å². The molecule has 2 nitrogen and oxygen atoms in total. The van der Waals surface area contributed by atoms with Crippen LogP contribution in [0.1, 0.15) is 19.8 Å². The number of likely N-dealkylation sites (N-methyl/N-ethyl adjacent to an activating group) is 1. The highest BCUT2D eigenvalue weighted by Crippen LogP contribution is 2.20. The van der Waals surface area contributed by atoms with Crippen molar-refractivity contribution in [3.8, 4) is 23.7 Å². The summed E-state index contributed by atoms with van der Waals surface area (Å²) in [6, 6.07) is 0. The minimum Gasteiger partial charge on any atom is -0.304 e. The van der Waals surface area contributed by atoms with Crippen LogP contribution in [0.4, 0.5) is 4.39 Å². The molecular weight excluding hydrogens is 335 g/mol. The minimum absolute atomic E-state index is 0.0153. The van der Waals surface area contributed by atoms with Crippen molar-refractivity contribution in [2.45, 2.75) is 19.8 Å². The summed E-state index contributed by atoms with van der Waals surface area (Å²) in [7, 11) is 2.18. The summed E-state index contributed by atoms with van der Waals surface area (Å²) in [6.45, 7) is 7.21. The molecule has 0 amide bonds. The normalized spacial score (nSPS) is 28.0. The van der Waals surface area contributed by atoms with E-state index in [1.807, 2.05) is 6.08 Å². The van der Waals surface area contributed by atoms with Crippen LogP contribution in [-0.2, 0) is 0 Å². The highest BCUT2D eigenvalue weighted by atomic mass is 19.1. The fraction of sp³-hybridized carbons (Fsp3) is 0.417. The highest BCUT2D eigenvalue weighted by Gasteiger charge is 2.15. The number of hydrogen-bond acceptors (Lipinski definition) is 2. The number of halogens is 1. The number of rotatable bonds is 3. The van der Waals surface area contributed by atoms with Gasteiger partial charge in [0.2, 0.25) is 0 Å². The molecule has 3 rings (SSSR count). The van der Waals surface area contributed by atoms with Crippen molar-refractivity contribution in [2.75, 3.05) is 39.8 Å². The Hall–Kier alpha value is -2.33. The molecule has 1 saturated heterocycles. The van der Waals surface area contributed by atoms with E-state index < -0.39 is 0 Å². The van der Waals surface area contributed by atoms with Crippen molar-refractivity contribution in [1.82, 2.24) is 9.80 Å². The number of piperazine rings is 1. The lowest BCUT2D eigenvalue weighted by Crippen LogP contribution is -2.44. The van der Waals surface area contributed by atoms with Gasteiger partial charge in [0.15, 0.2) is 5.83 Å². The Morgan fingerprint density at radius 3 is 2.78 bits per heavy atom. The summed E-state index contributed by atoms with van der Waals surface area (Å²) in [4.78, 5) is 4.89. The Balaban J connectivity index is 1.73. The van der Waals surface area contributed by atoms with E-state index in [0.29, 0.717) is 5.57 Å². The van der Waals surface area contributed by atoms with Gasteiger partial charge < -0.3 is 4.90 Å². The molecule has 1 atom stereocenters. The third-order valence-electron chi connectivity index (χ3n) is 5.09. The van der Waals surface area contributed by atoms with Crippen LogP contribution in [0.15, 0.2) is 59.0 Å². The molecule has 1 fully saturated rings. The van der Waals surface area contributed by atoms with Crippen LogP contribution in [0.5, 0.6) is 0 Å². The lowest BCUT2D eigenvalue weighted by atomic mass is 9.96. The van der Waals surface area contributed by atoms with E-state index in [1.54, 1.807) is 19.1 Å². The predicted octanol–water partition coefficient (Wildman–Crippen LogP) is 3.87. The van der Waals surface area contributed by atoms with Crippen LogP contribution in [-0.4, -0.2) is 49.6 Å². The van der Waals surface area contributed by atoms with Gasteiger partial charge in [0, 0.05) is 39.1 Å². The average Bonchev–Trinajstić information content (AvgIpc) is 2.77. The molecule has 0 N–H and O–H groups in total. The summed E-state index contributed by atoms with van der Waals surface area (Å²) >= 11 is 0. The molecule has 1 heterocycles. The van der Waals surface area contributed by atoms with Gasteiger partial charge in [0.05, 0.1) is 5.92 Å². The standard InChI is InChI=1S/C24H27FN2/c1-20-11-13-23(9-6-10-24(20)25)22-8-5-3-4-7-21(12-14-22)19-27-17-15-26(2)16-18-27/h7,9,11-14,22H,3-4,15-19H2,1-2H3/b13-11?,14-12?,20-11?,21-7+,23-9-,23-13?,24-20?. The van der Waals surface area contributed by atoms with E-state index in [2.05, 4.69) is 58.8 Å². The smallest absolute Gasteiger partial charge is 0.176 e. The largest absolute Gasteiger partial charge is 0.304 e. The molecule has 0 radical (unpaired) electrons. The van der Waals surface area contributed by atoms with Crippen LogP contribution in [0.3, 0.4) is 0 Å². The lowest BCUT2D eigenvalue weighted by molar-refractivity contribution is 0.164. The summed E-state index contributed by atoms with van der Waals surface area (Å²) in [6.07, 6.45) is 14.0. The first kappa shape index (κ1) is 19.4. The van der Waals surface area contributed by atoms with Crippen LogP contribution in [0.25, 0.3) is 0 Å². The monoisotopic (exact) mass is 362 g/mol. The van der Waals surface area contributed by atoms with Crippen LogP contribution < -0.4 is 0 Å². The molecular formula is C24H27FN2. The Bertz CT molecular complexity index is 825. The van der Waals surface area contributed by atoms with E-state index in [1.165, 1.54) is 5.57 Å². The van der Waals surface area contributed by atoms with Gasteiger partial charge in [-0.3, -0.25) is 4.90 Å². The van der Waals surface area contributed by atoms with E-state index in [0.717, 1.165) is 51.1 Å². The number of allylic oxidation sites excluding steroid dienone is 8. The zero-order valence-corrected chi connectivity index (χ0v) is 16.3. The Morgan fingerprint density at radius 2 is 1.96 bits per heavy atom. The van der Waals surface area contributed by atoms with E-state index in [4.69, 9.17) is 0 Å². The van der Waals surface area contributed by atoms with Crippen molar-refractivity contribution >= 4 is 0 Å². The first-order chi connectivity index (χ1) is 13.1. The van der Waals surface area contributed by atoms with Gasteiger partial charge in [-0.25, -0.2) is 0 Å². The molecule has 27 heavy (non-hydrogen) atoms. The highest BCUT2D eigenvalue weighted by molar-refractivity contribution is 5.47. The van der Waals surface area contributed by atoms with Crippen LogP contribution in [0, 0.1) is 29.6 Å². The first-order valence-electron chi connectivity index (χ1n) is 9.64. The molecule has 1 unspecified atom stereocenters. The topological polar surface area (TPSA) is 6.48 Å². The molecule has 0 spiro atoms. The number of hydrogen-bond donors (Lipinski definition) is 0. The fourth-order valence-electron chi connectivity index (χ4n) is 3.24. The molecule has 1 aliphatic heterocycles. The molecule has 0 bridgehead atoms. The van der Waals surface area contributed by atoms with Crippen molar-refractivity contribution in [3.63, 3.8) is 0 Å². The zero-order valence-electron chi connectivity index (χ0n) is 16.3. The van der Waals surface area contributed by atoms with Gasteiger partial charge >= 0.3 is 0 Å². The Kier molecular flexibility index (Phi) is 6.88. The molecule has 0 saturated carbocycles. The van der Waals surface area contributed by atoms with Crippen LogP contribution >= 0.6 is 0 Å². The summed E-state index contributed by atoms with van der Waals surface area (Å²) in [5, 5.41) is 0. The second kappa shape index (κ2) is 9.56. The van der Waals surface area contributed by atoms with E-state index in [-0.39, 0.29) is 11.7 Å². The van der Waals surface area contributed by atoms with Gasteiger partial charge in [-0.15, -0.1) is 5.92 Å². The zero-order chi connectivity index (χ0) is 19.1. The van der Waals surface area contributed by atoms with Crippen molar-refractivity contribution in [2.24, 2.45) is 5.92 Å². The number of nitrogens with zero attached hydrogens (tertiary/aromatic N) is 2. The quantitative estimate of drug-likeness (QED) is 0.703. The van der Waals surface area contributed by atoms with Gasteiger partial charge in [0.1, 0.15) is 0 Å². The molecule has 140 valence electrons. The fourth-order valence-corrected chi connectivity index (χ4v) is 3.24. The summed E-state index contributed by atoms with van der Waals surface area (Å²) in [5.74, 6) is 11.6. The maximum Gasteiger partial charge on any atom is 0.176 e. The third-order valence-corrected chi connectivity index (χ3v) is 5.09. The Morgan fingerprint density at radius 1 is 1.15 bits per heavy atom. The van der Waals surface area contributed by atoms with Crippen molar-refractivity contribution in [1.29, 1.82) is 0 Å². The SMILES string of the molecule is CC1=C(F)C#C/C=C(\C2C#CCC/C=C(/CN3CCN(C)CC3)C=C2)C=C1. The molecule has 3 aliphatic rings. The molecule has 3 heteroatoms. The predicted molar refractivity (Wildman–Crippen MR) is 110 cm³/mol. The first-order valence-corrected chi connectivity index (χ1v) is 9.64. The van der Waals surface area contributed by atoms with Crippen LogP contribution in [0.2, 0.25) is 0 Å². The third kappa shape index (κ3) is 5.83. The maximum atomic E-state index is 13.6. The minimum atomic E-state index is -0.366. The van der Waals surface area contributed by atoms with Crippen molar-refractivity contribution < 1.29 is 4.39 Å².